The van der Waals surface area contributed by atoms with Crippen molar-refractivity contribution in [3.8, 4) is 11.4 Å². The third-order valence-corrected chi connectivity index (χ3v) is 9.83. The van der Waals surface area contributed by atoms with Crippen LogP contribution in [0.2, 0.25) is 10.0 Å². The number of ketones is 1. The summed E-state index contributed by atoms with van der Waals surface area (Å²) in [4.78, 5) is 47.9. The molecule has 3 aromatic heterocycles. The Morgan fingerprint density at radius 1 is 1.12 bits per heavy atom. The topological polar surface area (TPSA) is 116 Å². The minimum Gasteiger partial charge on any atom is -0.462 e. The molecule has 5 rings (SSSR count). The molecular formula is C28H35Cl2N7O3S. The molecule has 0 aliphatic carbocycles. The second kappa shape index (κ2) is 12.6. The Morgan fingerprint density at radius 3 is 2.56 bits per heavy atom. The summed E-state index contributed by atoms with van der Waals surface area (Å²) in [5.41, 5.74) is 2.09. The molecule has 2 aliphatic heterocycles. The first kappa shape index (κ1) is 29.8. The van der Waals surface area contributed by atoms with Gasteiger partial charge in [0.25, 0.3) is 0 Å². The zero-order valence-corrected chi connectivity index (χ0v) is 26.0. The highest BCUT2D eigenvalue weighted by molar-refractivity contribution is 7.17. The largest absolute Gasteiger partial charge is 0.462 e. The van der Waals surface area contributed by atoms with Gasteiger partial charge >= 0.3 is 5.97 Å². The number of hydrogen-bond donors (Lipinski definition) is 2. The summed E-state index contributed by atoms with van der Waals surface area (Å²) in [6, 6.07) is 0.375. The van der Waals surface area contributed by atoms with Gasteiger partial charge in [-0.25, -0.2) is 19.7 Å². The minimum atomic E-state index is -0.418. The van der Waals surface area contributed by atoms with Crippen molar-refractivity contribution in [2.24, 2.45) is 11.8 Å². The monoisotopic (exact) mass is 619 g/mol. The number of aryl methyl sites for hydroxylation is 1. The van der Waals surface area contributed by atoms with Crippen molar-refractivity contribution >= 4 is 57.2 Å². The fourth-order valence-electron chi connectivity index (χ4n) is 5.47. The Kier molecular flexibility index (Phi) is 9.18. The van der Waals surface area contributed by atoms with E-state index in [4.69, 9.17) is 32.9 Å². The van der Waals surface area contributed by atoms with Crippen LogP contribution in [-0.4, -0.2) is 77.1 Å². The average molecular weight is 621 g/mol. The van der Waals surface area contributed by atoms with Crippen molar-refractivity contribution in [3.05, 3.63) is 38.7 Å². The number of nitrogens with one attached hydrogen (secondary N) is 2. The van der Waals surface area contributed by atoms with E-state index in [9.17, 15) is 9.59 Å². The third-order valence-electron chi connectivity index (χ3n) is 7.78. The van der Waals surface area contributed by atoms with Crippen LogP contribution in [0, 0.1) is 18.8 Å². The summed E-state index contributed by atoms with van der Waals surface area (Å²) in [5, 5.41) is 4.85. The van der Waals surface area contributed by atoms with Gasteiger partial charge in [-0.3, -0.25) is 4.79 Å². The summed E-state index contributed by atoms with van der Waals surface area (Å²) < 4.78 is 5.35. The molecule has 2 aliphatic rings. The van der Waals surface area contributed by atoms with Crippen molar-refractivity contribution < 1.29 is 14.3 Å². The molecule has 10 nitrogen and oxygen atoms in total. The number of esters is 1. The quantitative estimate of drug-likeness (QED) is 0.257. The van der Waals surface area contributed by atoms with Gasteiger partial charge in [-0.15, -0.1) is 0 Å². The molecule has 41 heavy (non-hydrogen) atoms. The summed E-state index contributed by atoms with van der Waals surface area (Å²) in [5.74, 6) is 0.759. The molecule has 0 unspecified atom stereocenters. The Labute approximate surface area is 253 Å². The molecule has 2 saturated heterocycles. The van der Waals surface area contributed by atoms with Gasteiger partial charge in [0.15, 0.2) is 10.9 Å². The number of Topliss-reactive ketones (excluding diaryl/α,β-unsaturated/α-hetero) is 1. The molecule has 13 heteroatoms. The van der Waals surface area contributed by atoms with Gasteiger partial charge < -0.3 is 24.8 Å². The van der Waals surface area contributed by atoms with E-state index in [0.717, 1.165) is 37.0 Å². The number of piperidine rings is 1. The van der Waals surface area contributed by atoms with Crippen LogP contribution >= 0.6 is 34.5 Å². The second-order valence-electron chi connectivity index (χ2n) is 10.8. The lowest BCUT2D eigenvalue weighted by Crippen LogP contribution is -2.49. The Balaban J connectivity index is 1.32. The van der Waals surface area contributed by atoms with Gasteiger partial charge in [-0.05, 0) is 39.0 Å². The SMILES string of the molecule is CCOC(=O)c1sc(N2CC[C@@H](CC(=O)c3[nH]c(C)c(Cl)c3Cl)[C@@H](C)C2)nc1-c1cnc(N2CCN[C@H](C)C2)cn1. The maximum Gasteiger partial charge on any atom is 0.350 e. The number of carbonyl (C=O) groups is 2. The van der Waals surface area contributed by atoms with E-state index in [-0.39, 0.29) is 24.2 Å². The number of piperazine rings is 1. The molecule has 0 amide bonds. The number of H-pyrrole nitrogens is 1. The lowest BCUT2D eigenvalue weighted by Gasteiger charge is -2.36. The van der Waals surface area contributed by atoms with Gasteiger partial charge in [0.05, 0.1) is 29.0 Å². The van der Waals surface area contributed by atoms with Gasteiger partial charge in [-0.2, -0.15) is 0 Å². The van der Waals surface area contributed by atoms with Gasteiger partial charge in [0.1, 0.15) is 27.8 Å². The lowest BCUT2D eigenvalue weighted by atomic mass is 9.83. The Bertz CT molecular complexity index is 1410. The van der Waals surface area contributed by atoms with Gasteiger partial charge in [-0.1, -0.05) is 41.5 Å². The molecule has 0 spiro atoms. The predicted octanol–water partition coefficient (Wildman–Crippen LogP) is 5.25. The maximum absolute atomic E-state index is 13.0. The van der Waals surface area contributed by atoms with Crippen LogP contribution in [0.15, 0.2) is 12.4 Å². The summed E-state index contributed by atoms with van der Waals surface area (Å²) in [6.45, 7) is 12.2. The van der Waals surface area contributed by atoms with Crippen LogP contribution in [0.3, 0.4) is 0 Å². The number of ether oxygens (including phenoxy) is 1. The van der Waals surface area contributed by atoms with E-state index in [0.29, 0.717) is 63.3 Å². The fourth-order valence-corrected chi connectivity index (χ4v) is 6.91. The maximum atomic E-state index is 13.0. The summed E-state index contributed by atoms with van der Waals surface area (Å²) >= 11 is 13.8. The normalized spacial score (nSPS) is 21.3. The van der Waals surface area contributed by atoms with Crippen LogP contribution in [0.4, 0.5) is 10.9 Å². The second-order valence-corrected chi connectivity index (χ2v) is 12.5. The summed E-state index contributed by atoms with van der Waals surface area (Å²) in [6.07, 6.45) is 4.62. The smallest absolute Gasteiger partial charge is 0.350 e. The molecule has 5 heterocycles. The minimum absolute atomic E-state index is 0.0336. The van der Waals surface area contributed by atoms with Crippen molar-refractivity contribution in [3.63, 3.8) is 0 Å². The van der Waals surface area contributed by atoms with Crippen molar-refractivity contribution in [1.82, 2.24) is 25.3 Å². The van der Waals surface area contributed by atoms with E-state index >= 15 is 0 Å². The fraction of sp³-hybridized carbons (Fsp3) is 0.536. The number of halogens is 2. The van der Waals surface area contributed by atoms with Crippen molar-refractivity contribution in [2.45, 2.75) is 46.6 Å². The summed E-state index contributed by atoms with van der Waals surface area (Å²) in [7, 11) is 0. The van der Waals surface area contributed by atoms with Crippen LogP contribution in [-0.2, 0) is 4.74 Å². The van der Waals surface area contributed by atoms with Crippen LogP contribution < -0.4 is 15.1 Å². The molecule has 220 valence electrons. The highest BCUT2D eigenvalue weighted by Crippen LogP contribution is 2.38. The number of aromatic nitrogens is 4. The number of thiazole rings is 1. The van der Waals surface area contributed by atoms with E-state index in [1.807, 2.05) is 0 Å². The first-order valence-corrected chi connectivity index (χ1v) is 15.5. The highest BCUT2D eigenvalue weighted by Gasteiger charge is 2.32. The van der Waals surface area contributed by atoms with E-state index in [1.165, 1.54) is 11.3 Å². The van der Waals surface area contributed by atoms with Crippen LogP contribution in [0.5, 0.6) is 0 Å². The van der Waals surface area contributed by atoms with Gasteiger partial charge in [0.2, 0.25) is 0 Å². The molecule has 0 aromatic carbocycles. The zero-order valence-electron chi connectivity index (χ0n) is 23.7. The first-order chi connectivity index (χ1) is 19.7. The Morgan fingerprint density at radius 2 is 1.93 bits per heavy atom. The number of rotatable bonds is 8. The number of aromatic amines is 1. The Hall–Kier alpha value is -2.73. The van der Waals surface area contributed by atoms with Gasteiger partial charge in [0, 0.05) is 50.9 Å². The van der Waals surface area contributed by atoms with Crippen molar-refractivity contribution in [1.29, 1.82) is 0 Å². The lowest BCUT2D eigenvalue weighted by molar-refractivity contribution is 0.0532. The number of carbonyl (C=O) groups excluding carboxylic acids is 2. The predicted molar refractivity (Wildman–Crippen MR) is 163 cm³/mol. The molecule has 3 aromatic rings. The molecular weight excluding hydrogens is 585 g/mol. The first-order valence-electron chi connectivity index (χ1n) is 14.0. The zero-order chi connectivity index (χ0) is 29.3. The highest BCUT2D eigenvalue weighted by atomic mass is 35.5. The molecule has 0 radical (unpaired) electrons. The van der Waals surface area contributed by atoms with E-state index in [1.54, 1.807) is 26.2 Å². The molecule has 3 atom stereocenters. The molecule has 0 bridgehead atoms. The van der Waals surface area contributed by atoms with Crippen LogP contribution in [0.1, 0.15) is 59.5 Å². The van der Waals surface area contributed by atoms with E-state index < -0.39 is 5.97 Å². The third kappa shape index (κ3) is 6.38. The standard InChI is InChI=1S/C28H35Cl2N7O3S/c1-5-40-27(39)26-24(19-11-33-21(12-32-19)36-9-7-31-16(3)14-36)35-28(41-26)37-8-6-18(15(2)13-37)10-20(38)25-23(30)22(29)17(4)34-25/h11-12,15-16,18,31,34H,5-10,13-14H2,1-4H3/t15-,16+,18-/m0/s1. The molecule has 2 fully saturated rings. The molecule has 2 N–H and O–H groups in total. The molecule has 0 saturated carbocycles. The number of anilines is 2. The van der Waals surface area contributed by atoms with Crippen LogP contribution in [0.25, 0.3) is 11.4 Å². The van der Waals surface area contributed by atoms with E-state index in [2.05, 4.69) is 43.9 Å². The van der Waals surface area contributed by atoms with Crippen molar-refractivity contribution in [2.75, 3.05) is 49.1 Å². The number of hydrogen-bond acceptors (Lipinski definition) is 10. The number of nitrogens with zero attached hydrogens (tertiary/aromatic N) is 5. The average Bonchev–Trinajstić information content (AvgIpc) is 3.52.